The Hall–Kier alpha value is -1.75. The highest BCUT2D eigenvalue weighted by Crippen LogP contribution is 2.24. The third-order valence-electron chi connectivity index (χ3n) is 2.78. The molecule has 0 aliphatic carbocycles. The monoisotopic (exact) mass is 325 g/mol. The maximum Gasteiger partial charge on any atom is 0.196 e. The summed E-state index contributed by atoms with van der Waals surface area (Å²) in [5.41, 5.74) is 6.18. The number of halogens is 3. The Morgan fingerprint density at radius 3 is 2.47 bits per heavy atom. The Kier molecular flexibility index (Phi) is 3.66. The predicted octanol–water partition coefficient (Wildman–Crippen LogP) is 3.85. The molecular weight excluding hydrogens is 316 g/mol. The maximum absolute atomic E-state index is 13.7. The van der Waals surface area contributed by atoms with E-state index in [9.17, 15) is 13.6 Å². The molecule has 0 aromatic heterocycles. The lowest BCUT2D eigenvalue weighted by atomic mass is 10.0. The molecule has 2 aromatic rings. The van der Waals surface area contributed by atoms with Crippen LogP contribution in [0.3, 0.4) is 0 Å². The number of anilines is 1. The molecule has 2 N–H and O–H groups in total. The smallest absolute Gasteiger partial charge is 0.196 e. The van der Waals surface area contributed by atoms with E-state index in [-0.39, 0.29) is 16.7 Å². The number of hydrogen-bond acceptors (Lipinski definition) is 2. The lowest BCUT2D eigenvalue weighted by Crippen LogP contribution is -2.07. The minimum absolute atomic E-state index is 0.160. The van der Waals surface area contributed by atoms with Crippen molar-refractivity contribution in [3.63, 3.8) is 0 Å². The Morgan fingerprint density at radius 2 is 1.84 bits per heavy atom. The second-order valence-corrected chi connectivity index (χ2v) is 4.98. The van der Waals surface area contributed by atoms with Crippen LogP contribution in [0.2, 0.25) is 0 Å². The first kappa shape index (κ1) is 13.7. The molecule has 0 unspecified atom stereocenters. The number of nitrogen functional groups attached to an aromatic ring is 1. The van der Waals surface area contributed by atoms with Crippen molar-refractivity contribution < 1.29 is 13.6 Å². The van der Waals surface area contributed by atoms with Crippen LogP contribution < -0.4 is 5.73 Å². The van der Waals surface area contributed by atoms with Crippen molar-refractivity contribution in [3.05, 3.63) is 63.1 Å². The predicted molar refractivity (Wildman–Crippen MR) is 73.1 cm³/mol. The molecule has 0 amide bonds. The molecule has 0 fully saturated rings. The lowest BCUT2D eigenvalue weighted by molar-refractivity contribution is 0.103. The highest BCUT2D eigenvalue weighted by Gasteiger charge is 2.18. The van der Waals surface area contributed by atoms with Crippen LogP contribution in [0.15, 0.2) is 34.8 Å². The number of carbonyl (C=O) groups is 1. The van der Waals surface area contributed by atoms with Gasteiger partial charge in [0.25, 0.3) is 0 Å². The molecule has 0 atom stereocenters. The molecule has 98 valence electrons. The average Bonchev–Trinajstić information content (AvgIpc) is 2.39. The summed E-state index contributed by atoms with van der Waals surface area (Å²) in [6, 6.07) is 7.13. The van der Waals surface area contributed by atoms with Crippen LogP contribution in [0.5, 0.6) is 0 Å². The third kappa shape index (κ3) is 2.51. The van der Waals surface area contributed by atoms with E-state index in [1.54, 1.807) is 0 Å². The number of aryl methyl sites for hydroxylation is 1. The van der Waals surface area contributed by atoms with Crippen LogP contribution >= 0.6 is 15.9 Å². The van der Waals surface area contributed by atoms with Gasteiger partial charge in [-0.3, -0.25) is 4.79 Å². The summed E-state index contributed by atoms with van der Waals surface area (Å²) in [5.74, 6) is -2.71. The van der Waals surface area contributed by atoms with Crippen LogP contribution in [0.4, 0.5) is 14.5 Å². The quantitative estimate of drug-likeness (QED) is 0.673. The molecule has 2 rings (SSSR count). The van der Waals surface area contributed by atoms with Gasteiger partial charge in [0.15, 0.2) is 17.4 Å². The normalized spacial score (nSPS) is 10.5. The van der Waals surface area contributed by atoms with Crippen molar-refractivity contribution in [3.8, 4) is 0 Å². The standard InChI is InChI=1S/C14H10BrF2NO/c1-7-2-4-9(13(17)12(7)16)14(19)8-3-5-11(18)10(15)6-8/h2-6H,18H2,1H3. The van der Waals surface area contributed by atoms with Crippen LogP contribution in [0, 0.1) is 18.6 Å². The van der Waals surface area contributed by atoms with Gasteiger partial charge < -0.3 is 5.73 Å². The summed E-state index contributed by atoms with van der Waals surface area (Å²) in [6.07, 6.45) is 0. The fourth-order valence-electron chi connectivity index (χ4n) is 1.65. The van der Waals surface area contributed by atoms with Gasteiger partial charge in [0, 0.05) is 15.7 Å². The molecule has 0 saturated carbocycles. The van der Waals surface area contributed by atoms with Crippen LogP contribution in [-0.4, -0.2) is 5.78 Å². The lowest BCUT2D eigenvalue weighted by Gasteiger charge is -2.06. The molecule has 0 aliphatic heterocycles. The number of nitrogens with two attached hydrogens (primary N) is 1. The third-order valence-corrected chi connectivity index (χ3v) is 3.47. The number of carbonyl (C=O) groups excluding carboxylic acids is 1. The van der Waals surface area contributed by atoms with Gasteiger partial charge in [-0.1, -0.05) is 6.07 Å². The van der Waals surface area contributed by atoms with E-state index in [4.69, 9.17) is 5.73 Å². The minimum atomic E-state index is -1.13. The zero-order valence-electron chi connectivity index (χ0n) is 10.0. The number of ketones is 1. The van der Waals surface area contributed by atoms with Gasteiger partial charge in [0.2, 0.25) is 0 Å². The number of benzene rings is 2. The zero-order valence-corrected chi connectivity index (χ0v) is 11.6. The Balaban J connectivity index is 2.50. The number of rotatable bonds is 2. The summed E-state index contributed by atoms with van der Waals surface area (Å²) in [5, 5.41) is 0. The van der Waals surface area contributed by atoms with Crippen molar-refractivity contribution >= 4 is 27.4 Å². The van der Waals surface area contributed by atoms with E-state index in [2.05, 4.69) is 15.9 Å². The summed E-state index contributed by atoms with van der Waals surface area (Å²) < 4.78 is 27.7. The van der Waals surface area contributed by atoms with Crippen molar-refractivity contribution in [1.82, 2.24) is 0 Å². The summed E-state index contributed by atoms with van der Waals surface area (Å²) >= 11 is 3.19. The summed E-state index contributed by atoms with van der Waals surface area (Å²) in [6.45, 7) is 1.44. The van der Waals surface area contributed by atoms with E-state index in [1.807, 2.05) is 0 Å². The summed E-state index contributed by atoms with van der Waals surface area (Å²) in [7, 11) is 0. The Bertz CT molecular complexity index is 671. The van der Waals surface area contributed by atoms with E-state index < -0.39 is 17.4 Å². The second kappa shape index (κ2) is 5.09. The van der Waals surface area contributed by atoms with Crippen molar-refractivity contribution in [1.29, 1.82) is 0 Å². The van der Waals surface area contributed by atoms with E-state index in [0.29, 0.717) is 10.2 Å². The Morgan fingerprint density at radius 1 is 1.16 bits per heavy atom. The fraction of sp³-hybridized carbons (Fsp3) is 0.0714. The Labute approximate surface area is 117 Å². The van der Waals surface area contributed by atoms with Crippen LogP contribution in [0.25, 0.3) is 0 Å². The highest BCUT2D eigenvalue weighted by atomic mass is 79.9. The van der Waals surface area contributed by atoms with Gasteiger partial charge in [-0.25, -0.2) is 8.78 Å². The first-order valence-electron chi connectivity index (χ1n) is 5.46. The number of hydrogen-bond donors (Lipinski definition) is 1. The SMILES string of the molecule is Cc1ccc(C(=O)c2ccc(N)c(Br)c2)c(F)c1F. The molecule has 0 spiro atoms. The second-order valence-electron chi connectivity index (χ2n) is 4.12. The molecule has 0 aliphatic rings. The molecule has 2 aromatic carbocycles. The molecule has 19 heavy (non-hydrogen) atoms. The average molecular weight is 326 g/mol. The molecule has 0 heterocycles. The summed E-state index contributed by atoms with van der Waals surface area (Å²) in [4.78, 5) is 12.1. The van der Waals surface area contributed by atoms with Crippen LogP contribution in [-0.2, 0) is 0 Å². The van der Waals surface area contributed by atoms with Gasteiger partial charge in [-0.2, -0.15) is 0 Å². The molecule has 2 nitrogen and oxygen atoms in total. The van der Waals surface area contributed by atoms with Crippen LogP contribution in [0.1, 0.15) is 21.5 Å². The molecule has 0 radical (unpaired) electrons. The zero-order chi connectivity index (χ0) is 14.2. The van der Waals surface area contributed by atoms with Crippen molar-refractivity contribution in [2.45, 2.75) is 6.92 Å². The maximum atomic E-state index is 13.7. The minimum Gasteiger partial charge on any atom is -0.398 e. The highest BCUT2D eigenvalue weighted by molar-refractivity contribution is 9.10. The van der Waals surface area contributed by atoms with Crippen molar-refractivity contribution in [2.24, 2.45) is 0 Å². The van der Waals surface area contributed by atoms with Gasteiger partial charge in [-0.05, 0) is 52.7 Å². The van der Waals surface area contributed by atoms with E-state index >= 15 is 0 Å². The van der Waals surface area contributed by atoms with E-state index in [0.717, 1.165) is 0 Å². The topological polar surface area (TPSA) is 43.1 Å². The molecule has 0 saturated heterocycles. The first-order valence-corrected chi connectivity index (χ1v) is 6.25. The fourth-order valence-corrected chi connectivity index (χ4v) is 2.02. The van der Waals surface area contributed by atoms with Gasteiger partial charge in [0.1, 0.15) is 0 Å². The molecule has 0 bridgehead atoms. The van der Waals surface area contributed by atoms with Crippen molar-refractivity contribution in [2.75, 3.05) is 5.73 Å². The largest absolute Gasteiger partial charge is 0.398 e. The molecular formula is C14H10BrF2NO. The van der Waals surface area contributed by atoms with Gasteiger partial charge in [0.05, 0.1) is 5.56 Å². The van der Waals surface area contributed by atoms with Gasteiger partial charge in [-0.15, -0.1) is 0 Å². The van der Waals surface area contributed by atoms with E-state index in [1.165, 1.54) is 37.3 Å². The molecule has 5 heteroatoms. The first-order chi connectivity index (χ1) is 8.91. The van der Waals surface area contributed by atoms with Gasteiger partial charge >= 0.3 is 0 Å².